The fourth-order valence-corrected chi connectivity index (χ4v) is 2.86. The number of carbonyl (C=O) groups is 1. The van der Waals surface area contributed by atoms with Crippen LogP contribution < -0.4 is 4.74 Å². The number of rotatable bonds is 5. The number of sulfone groups is 1. The number of methoxy groups -OCH3 is 1. The van der Waals surface area contributed by atoms with Crippen molar-refractivity contribution < 1.29 is 26.7 Å². The maximum atomic E-state index is 13.5. The number of carbonyl (C=O) groups excluding carboxylic acids is 1. The van der Waals surface area contributed by atoms with E-state index >= 15 is 0 Å². The van der Waals surface area contributed by atoms with Crippen LogP contribution in [0.4, 0.5) is 8.78 Å². The highest BCUT2D eigenvalue weighted by molar-refractivity contribution is 7.90. The van der Waals surface area contributed by atoms with Gasteiger partial charge in [-0.1, -0.05) is 12.1 Å². The zero-order chi connectivity index (χ0) is 17.9. The first-order valence-electron chi connectivity index (χ1n) is 6.78. The molecule has 0 bridgehead atoms. The summed E-state index contributed by atoms with van der Waals surface area (Å²) in [4.78, 5) is 12.1. The third-order valence-corrected chi connectivity index (χ3v) is 4.38. The van der Waals surface area contributed by atoms with Crippen molar-refractivity contribution in [3.63, 3.8) is 0 Å². The van der Waals surface area contributed by atoms with Crippen LogP contribution in [0, 0.1) is 11.6 Å². The second kappa shape index (κ2) is 6.92. The third-order valence-electron chi connectivity index (χ3n) is 3.24. The van der Waals surface area contributed by atoms with E-state index in [0.717, 1.165) is 24.5 Å². The average Bonchev–Trinajstić information content (AvgIpc) is 2.54. The van der Waals surface area contributed by atoms with Gasteiger partial charge in [0.25, 0.3) is 0 Å². The van der Waals surface area contributed by atoms with E-state index in [-0.39, 0.29) is 21.8 Å². The summed E-state index contributed by atoms with van der Waals surface area (Å²) >= 11 is 0. The van der Waals surface area contributed by atoms with Gasteiger partial charge in [-0.25, -0.2) is 17.2 Å². The van der Waals surface area contributed by atoms with Gasteiger partial charge in [-0.2, -0.15) is 0 Å². The summed E-state index contributed by atoms with van der Waals surface area (Å²) in [5.74, 6) is -2.53. The zero-order valence-corrected chi connectivity index (χ0v) is 13.7. The van der Waals surface area contributed by atoms with Crippen LogP contribution in [0.1, 0.15) is 15.9 Å². The molecule has 0 N–H and O–H groups in total. The molecule has 24 heavy (non-hydrogen) atoms. The maximum Gasteiger partial charge on any atom is 0.185 e. The van der Waals surface area contributed by atoms with Crippen LogP contribution in [0.5, 0.6) is 5.75 Å². The minimum Gasteiger partial charge on any atom is -0.495 e. The molecule has 0 fully saturated rings. The Kier molecular flexibility index (Phi) is 5.14. The van der Waals surface area contributed by atoms with Crippen LogP contribution in [0.25, 0.3) is 6.08 Å². The molecule has 2 aromatic rings. The number of ketones is 1. The number of ether oxygens (including phenoxy) is 1. The molecular weight excluding hydrogens is 338 g/mol. The quantitative estimate of drug-likeness (QED) is 0.612. The first-order valence-corrected chi connectivity index (χ1v) is 8.67. The smallest absolute Gasteiger partial charge is 0.185 e. The zero-order valence-electron chi connectivity index (χ0n) is 12.9. The lowest BCUT2D eigenvalue weighted by atomic mass is 10.1. The van der Waals surface area contributed by atoms with Crippen molar-refractivity contribution in [2.75, 3.05) is 13.4 Å². The van der Waals surface area contributed by atoms with Crippen molar-refractivity contribution in [1.82, 2.24) is 0 Å². The number of hydrogen-bond donors (Lipinski definition) is 0. The predicted molar refractivity (Wildman–Crippen MR) is 85.8 cm³/mol. The minimum absolute atomic E-state index is 0.0358. The highest BCUT2D eigenvalue weighted by atomic mass is 32.2. The van der Waals surface area contributed by atoms with Crippen molar-refractivity contribution in [3.05, 3.63) is 65.2 Å². The molecule has 0 heterocycles. The van der Waals surface area contributed by atoms with E-state index in [1.165, 1.54) is 37.4 Å². The van der Waals surface area contributed by atoms with E-state index in [1.807, 2.05) is 0 Å². The number of benzene rings is 2. The molecule has 2 rings (SSSR count). The number of halogens is 2. The van der Waals surface area contributed by atoms with E-state index in [1.54, 1.807) is 0 Å². The molecule has 0 atom stereocenters. The fourth-order valence-electron chi connectivity index (χ4n) is 2.04. The molecule has 7 heteroatoms. The highest BCUT2D eigenvalue weighted by Gasteiger charge is 2.16. The second-order valence-electron chi connectivity index (χ2n) is 4.98. The van der Waals surface area contributed by atoms with E-state index in [9.17, 15) is 22.0 Å². The Hall–Kier alpha value is -2.54. The first kappa shape index (κ1) is 17.8. The first-order chi connectivity index (χ1) is 11.2. The van der Waals surface area contributed by atoms with Crippen LogP contribution in [0.3, 0.4) is 0 Å². The molecule has 4 nitrogen and oxygen atoms in total. The van der Waals surface area contributed by atoms with Gasteiger partial charge in [-0.05, 0) is 36.4 Å². The molecule has 2 aromatic carbocycles. The Balaban J connectivity index is 2.34. The molecule has 0 aromatic heterocycles. The largest absolute Gasteiger partial charge is 0.495 e. The lowest BCUT2D eigenvalue weighted by Gasteiger charge is -2.08. The molecule has 126 valence electrons. The normalized spacial score (nSPS) is 11.7. The Bertz CT molecular complexity index is 918. The van der Waals surface area contributed by atoms with Gasteiger partial charge < -0.3 is 4.74 Å². The molecule has 0 aliphatic heterocycles. The third kappa shape index (κ3) is 3.86. The Morgan fingerprint density at radius 1 is 1.17 bits per heavy atom. The summed E-state index contributed by atoms with van der Waals surface area (Å²) in [6.07, 6.45) is 3.25. The van der Waals surface area contributed by atoms with Crippen LogP contribution in [0.2, 0.25) is 0 Å². The van der Waals surface area contributed by atoms with Crippen LogP contribution in [-0.2, 0) is 9.84 Å². The van der Waals surface area contributed by atoms with E-state index in [2.05, 4.69) is 0 Å². The molecule has 0 aliphatic carbocycles. The number of hydrogen-bond acceptors (Lipinski definition) is 4. The second-order valence-corrected chi connectivity index (χ2v) is 6.96. The van der Waals surface area contributed by atoms with Crippen molar-refractivity contribution in [2.24, 2.45) is 0 Å². The molecule has 0 radical (unpaired) electrons. The molecule has 0 aliphatic rings. The van der Waals surface area contributed by atoms with Gasteiger partial charge in [0.2, 0.25) is 0 Å². The van der Waals surface area contributed by atoms with Crippen molar-refractivity contribution >= 4 is 21.7 Å². The van der Waals surface area contributed by atoms with Gasteiger partial charge in [0.15, 0.2) is 27.3 Å². The summed E-state index contributed by atoms with van der Waals surface area (Å²) in [5, 5.41) is 0. The summed E-state index contributed by atoms with van der Waals surface area (Å²) < 4.78 is 54.9. The molecule has 0 amide bonds. The van der Waals surface area contributed by atoms with Gasteiger partial charge in [-0.3, -0.25) is 4.79 Å². The molecule has 0 spiro atoms. The SMILES string of the molecule is COc1cc(C(=O)/C=C/c2cccc(F)c2F)ccc1S(C)(=O)=O. The predicted octanol–water partition coefficient (Wildman–Crippen LogP) is 3.27. The fraction of sp³-hybridized carbons (Fsp3) is 0.118. The molecular formula is C17H14F2O4S. The number of allylic oxidation sites excluding steroid dienone is 1. The van der Waals surface area contributed by atoms with Crippen molar-refractivity contribution in [3.8, 4) is 5.75 Å². The Labute approximate surface area is 138 Å². The van der Waals surface area contributed by atoms with Crippen LogP contribution in [-0.4, -0.2) is 27.6 Å². The van der Waals surface area contributed by atoms with Gasteiger partial charge in [0, 0.05) is 17.4 Å². The van der Waals surface area contributed by atoms with Crippen LogP contribution in [0.15, 0.2) is 47.4 Å². The monoisotopic (exact) mass is 352 g/mol. The molecule has 0 saturated heterocycles. The lowest BCUT2D eigenvalue weighted by molar-refractivity contribution is 0.104. The Morgan fingerprint density at radius 3 is 2.50 bits per heavy atom. The average molecular weight is 352 g/mol. The summed E-state index contributed by atoms with van der Waals surface area (Å²) in [5.41, 5.74) is 0.0929. The standard InChI is InChI=1S/C17H14F2O4S/c1-23-15-10-12(7-9-16(15)24(2,21)22)14(20)8-6-11-4-3-5-13(18)17(11)19/h3-10H,1-2H3/b8-6+. The van der Waals surface area contributed by atoms with Crippen molar-refractivity contribution in [2.45, 2.75) is 4.90 Å². The summed E-state index contributed by atoms with van der Waals surface area (Å²) in [7, 11) is -2.21. The van der Waals surface area contributed by atoms with E-state index < -0.39 is 27.3 Å². The topological polar surface area (TPSA) is 60.4 Å². The van der Waals surface area contributed by atoms with E-state index in [0.29, 0.717) is 0 Å². The van der Waals surface area contributed by atoms with Crippen molar-refractivity contribution in [1.29, 1.82) is 0 Å². The maximum absolute atomic E-state index is 13.5. The van der Waals surface area contributed by atoms with E-state index in [4.69, 9.17) is 4.74 Å². The highest BCUT2D eigenvalue weighted by Crippen LogP contribution is 2.25. The van der Waals surface area contributed by atoms with Gasteiger partial charge >= 0.3 is 0 Å². The van der Waals surface area contributed by atoms with Gasteiger partial charge in [0.05, 0.1) is 7.11 Å². The molecule has 0 unspecified atom stereocenters. The van der Waals surface area contributed by atoms with Gasteiger partial charge in [-0.15, -0.1) is 0 Å². The van der Waals surface area contributed by atoms with Crippen LogP contribution >= 0.6 is 0 Å². The summed E-state index contributed by atoms with van der Waals surface area (Å²) in [6, 6.07) is 7.50. The lowest BCUT2D eigenvalue weighted by Crippen LogP contribution is -2.03. The minimum atomic E-state index is -3.50. The molecule has 0 saturated carbocycles. The van der Waals surface area contributed by atoms with Gasteiger partial charge in [0.1, 0.15) is 10.6 Å². The summed E-state index contributed by atoms with van der Waals surface area (Å²) in [6.45, 7) is 0. The Morgan fingerprint density at radius 2 is 1.88 bits per heavy atom.